The number of primary amides is 1. The fourth-order valence-electron chi connectivity index (χ4n) is 3.54. The standard InChI is InChI=1S/C23H30N4O3/c24-22(28)18-30-21-10-5-4-9-20(21)23(29)25-11-6-12-26-13-15-27(16-14-26)17-19-7-2-1-3-8-19/h1-5,7-10H,6,11-18H2,(H2,24,28)(H,25,29). The van der Waals surface area contributed by atoms with Gasteiger partial charge < -0.3 is 20.7 Å². The van der Waals surface area contributed by atoms with Crippen LogP contribution in [0.5, 0.6) is 5.75 Å². The molecule has 3 N–H and O–H groups in total. The van der Waals surface area contributed by atoms with E-state index in [1.54, 1.807) is 24.3 Å². The summed E-state index contributed by atoms with van der Waals surface area (Å²) in [4.78, 5) is 28.3. The van der Waals surface area contributed by atoms with E-state index in [4.69, 9.17) is 10.5 Å². The molecule has 0 saturated carbocycles. The van der Waals surface area contributed by atoms with Crippen molar-refractivity contribution in [2.24, 2.45) is 5.73 Å². The summed E-state index contributed by atoms with van der Waals surface area (Å²) in [5.41, 5.74) is 6.88. The van der Waals surface area contributed by atoms with Crippen molar-refractivity contribution in [1.29, 1.82) is 0 Å². The van der Waals surface area contributed by atoms with E-state index in [-0.39, 0.29) is 12.5 Å². The van der Waals surface area contributed by atoms with Crippen LogP contribution in [0.1, 0.15) is 22.3 Å². The molecule has 2 aromatic rings. The average molecular weight is 411 g/mol. The van der Waals surface area contributed by atoms with Gasteiger partial charge in [0.25, 0.3) is 11.8 Å². The number of amides is 2. The first kappa shape index (κ1) is 21.8. The molecule has 3 rings (SSSR count). The Kier molecular flexibility index (Phi) is 8.23. The third kappa shape index (κ3) is 6.86. The lowest BCUT2D eigenvalue weighted by molar-refractivity contribution is -0.119. The zero-order chi connectivity index (χ0) is 21.2. The van der Waals surface area contributed by atoms with Gasteiger partial charge in [-0.1, -0.05) is 42.5 Å². The number of nitrogens with zero attached hydrogens (tertiary/aromatic N) is 2. The fraction of sp³-hybridized carbons (Fsp3) is 0.391. The van der Waals surface area contributed by atoms with Crippen LogP contribution in [-0.2, 0) is 11.3 Å². The molecule has 0 aliphatic carbocycles. The topological polar surface area (TPSA) is 87.9 Å². The van der Waals surface area contributed by atoms with Gasteiger partial charge in [0.15, 0.2) is 6.61 Å². The number of carbonyl (C=O) groups is 2. The molecule has 2 aromatic carbocycles. The first-order valence-electron chi connectivity index (χ1n) is 10.4. The Bertz CT molecular complexity index is 820. The smallest absolute Gasteiger partial charge is 0.255 e. The molecular formula is C23H30N4O3. The summed E-state index contributed by atoms with van der Waals surface area (Å²) in [6, 6.07) is 17.4. The predicted octanol–water partition coefficient (Wildman–Crippen LogP) is 1.49. The largest absolute Gasteiger partial charge is 0.483 e. The Labute approximate surface area is 177 Å². The molecule has 1 saturated heterocycles. The molecule has 1 heterocycles. The van der Waals surface area contributed by atoms with Gasteiger partial charge in [0, 0.05) is 39.3 Å². The van der Waals surface area contributed by atoms with E-state index >= 15 is 0 Å². The number of rotatable bonds is 10. The molecule has 2 amide bonds. The van der Waals surface area contributed by atoms with Crippen molar-refractivity contribution in [3.63, 3.8) is 0 Å². The lowest BCUT2D eigenvalue weighted by Crippen LogP contribution is -2.46. The van der Waals surface area contributed by atoms with E-state index in [1.807, 2.05) is 6.07 Å². The number of nitrogens with one attached hydrogen (secondary N) is 1. The normalized spacial score (nSPS) is 14.9. The van der Waals surface area contributed by atoms with E-state index in [0.717, 1.165) is 45.7 Å². The summed E-state index contributed by atoms with van der Waals surface area (Å²) in [5.74, 6) is -0.417. The monoisotopic (exact) mass is 410 g/mol. The summed E-state index contributed by atoms with van der Waals surface area (Å²) < 4.78 is 5.33. The van der Waals surface area contributed by atoms with E-state index in [9.17, 15) is 9.59 Å². The number of benzene rings is 2. The molecule has 1 aliphatic heterocycles. The van der Waals surface area contributed by atoms with Gasteiger partial charge in [0.2, 0.25) is 0 Å². The number of piperazine rings is 1. The van der Waals surface area contributed by atoms with Crippen molar-refractivity contribution < 1.29 is 14.3 Å². The molecule has 30 heavy (non-hydrogen) atoms. The SMILES string of the molecule is NC(=O)COc1ccccc1C(=O)NCCCN1CCN(Cc2ccccc2)CC1. The highest BCUT2D eigenvalue weighted by Gasteiger charge is 2.17. The molecule has 0 bridgehead atoms. The minimum Gasteiger partial charge on any atom is -0.483 e. The molecule has 7 nitrogen and oxygen atoms in total. The lowest BCUT2D eigenvalue weighted by atomic mass is 10.2. The van der Waals surface area contributed by atoms with Crippen LogP contribution in [0.4, 0.5) is 0 Å². The van der Waals surface area contributed by atoms with Gasteiger partial charge in [-0.15, -0.1) is 0 Å². The second-order valence-electron chi connectivity index (χ2n) is 7.46. The summed E-state index contributed by atoms with van der Waals surface area (Å²) >= 11 is 0. The number of carbonyl (C=O) groups excluding carboxylic acids is 2. The Morgan fingerprint density at radius 2 is 1.60 bits per heavy atom. The summed E-state index contributed by atoms with van der Waals surface area (Å²) in [5, 5.41) is 2.94. The first-order valence-corrected chi connectivity index (χ1v) is 10.4. The van der Waals surface area contributed by atoms with Crippen LogP contribution in [0.3, 0.4) is 0 Å². The highest BCUT2D eigenvalue weighted by Crippen LogP contribution is 2.17. The average Bonchev–Trinajstić information content (AvgIpc) is 2.77. The van der Waals surface area contributed by atoms with E-state index in [1.165, 1.54) is 5.56 Å². The maximum Gasteiger partial charge on any atom is 0.255 e. The second kappa shape index (κ2) is 11.3. The molecule has 0 radical (unpaired) electrons. The minimum absolute atomic E-state index is 0.206. The number of ether oxygens (including phenoxy) is 1. The minimum atomic E-state index is -0.575. The van der Waals surface area contributed by atoms with Crippen molar-refractivity contribution in [1.82, 2.24) is 15.1 Å². The van der Waals surface area contributed by atoms with Crippen LogP contribution in [-0.4, -0.2) is 67.5 Å². The van der Waals surface area contributed by atoms with Crippen molar-refractivity contribution in [2.45, 2.75) is 13.0 Å². The van der Waals surface area contributed by atoms with Gasteiger partial charge >= 0.3 is 0 Å². The van der Waals surface area contributed by atoms with Crippen LogP contribution < -0.4 is 15.8 Å². The molecule has 1 fully saturated rings. The molecule has 7 heteroatoms. The summed E-state index contributed by atoms with van der Waals surface area (Å²) in [6.45, 7) is 6.52. The Balaban J connectivity index is 1.35. The van der Waals surface area contributed by atoms with E-state index in [0.29, 0.717) is 17.9 Å². The lowest BCUT2D eigenvalue weighted by Gasteiger charge is -2.34. The highest BCUT2D eigenvalue weighted by molar-refractivity contribution is 5.97. The van der Waals surface area contributed by atoms with Gasteiger partial charge in [-0.05, 0) is 30.7 Å². The number of para-hydroxylation sites is 1. The van der Waals surface area contributed by atoms with Crippen molar-refractivity contribution in [3.8, 4) is 5.75 Å². The highest BCUT2D eigenvalue weighted by atomic mass is 16.5. The maximum absolute atomic E-state index is 12.5. The van der Waals surface area contributed by atoms with Crippen LogP contribution >= 0.6 is 0 Å². The maximum atomic E-state index is 12.5. The fourth-order valence-corrected chi connectivity index (χ4v) is 3.54. The van der Waals surface area contributed by atoms with Crippen LogP contribution in [0.15, 0.2) is 54.6 Å². The molecule has 0 aromatic heterocycles. The zero-order valence-corrected chi connectivity index (χ0v) is 17.3. The van der Waals surface area contributed by atoms with Crippen LogP contribution in [0.2, 0.25) is 0 Å². The molecule has 0 spiro atoms. The van der Waals surface area contributed by atoms with E-state index < -0.39 is 5.91 Å². The van der Waals surface area contributed by atoms with Crippen LogP contribution in [0, 0.1) is 0 Å². The Morgan fingerprint density at radius 1 is 0.933 bits per heavy atom. The second-order valence-corrected chi connectivity index (χ2v) is 7.46. The Hall–Kier alpha value is -2.90. The van der Waals surface area contributed by atoms with Gasteiger partial charge in [0.05, 0.1) is 5.56 Å². The van der Waals surface area contributed by atoms with E-state index in [2.05, 4.69) is 39.4 Å². The van der Waals surface area contributed by atoms with Gasteiger partial charge in [-0.25, -0.2) is 0 Å². The third-order valence-corrected chi connectivity index (χ3v) is 5.15. The van der Waals surface area contributed by atoms with Gasteiger partial charge in [-0.2, -0.15) is 0 Å². The molecular weight excluding hydrogens is 380 g/mol. The Morgan fingerprint density at radius 3 is 2.33 bits per heavy atom. The molecule has 0 atom stereocenters. The third-order valence-electron chi connectivity index (χ3n) is 5.15. The first-order chi connectivity index (χ1) is 14.6. The van der Waals surface area contributed by atoms with Crippen LogP contribution in [0.25, 0.3) is 0 Å². The zero-order valence-electron chi connectivity index (χ0n) is 17.3. The summed E-state index contributed by atoms with van der Waals surface area (Å²) in [6.07, 6.45) is 0.884. The quantitative estimate of drug-likeness (QED) is 0.580. The summed E-state index contributed by atoms with van der Waals surface area (Å²) in [7, 11) is 0. The number of nitrogens with two attached hydrogens (primary N) is 1. The van der Waals surface area contributed by atoms with Gasteiger partial charge in [0.1, 0.15) is 5.75 Å². The number of hydrogen-bond donors (Lipinski definition) is 2. The van der Waals surface area contributed by atoms with Crippen molar-refractivity contribution in [2.75, 3.05) is 45.9 Å². The molecule has 0 unspecified atom stereocenters. The van der Waals surface area contributed by atoms with Gasteiger partial charge in [-0.3, -0.25) is 14.5 Å². The molecule has 1 aliphatic rings. The van der Waals surface area contributed by atoms with Crippen molar-refractivity contribution in [3.05, 3.63) is 65.7 Å². The predicted molar refractivity (Wildman–Crippen MR) is 116 cm³/mol. The molecule has 160 valence electrons. The van der Waals surface area contributed by atoms with Crippen molar-refractivity contribution >= 4 is 11.8 Å². The number of hydrogen-bond acceptors (Lipinski definition) is 5.